The van der Waals surface area contributed by atoms with Crippen LogP contribution in [0.3, 0.4) is 0 Å². The number of hydrogen-bond acceptors (Lipinski definition) is 7. The zero-order chi connectivity index (χ0) is 14.9. The maximum atomic E-state index is 11.3. The minimum Gasteiger partial charge on any atom is -0.369 e. The van der Waals surface area contributed by atoms with E-state index in [2.05, 4.69) is 15.3 Å². The van der Waals surface area contributed by atoms with Crippen LogP contribution >= 0.6 is 0 Å². The first kappa shape index (κ1) is 14.4. The molecule has 0 spiro atoms. The highest BCUT2D eigenvalue weighted by atomic mass is 16.6. The first-order valence-corrected chi connectivity index (χ1v) is 6.44. The molecule has 2 rings (SSSR count). The van der Waals surface area contributed by atoms with E-state index in [0.29, 0.717) is 18.9 Å². The standard InChI is InChI=1S/C12H19N5O3/c1-8-5-16(6-12(2,3)20-8)11-9(17(18)19)10(13-4)14-7-15-11/h7-8H,5-6H2,1-4H3,(H,13,14,15). The lowest BCUT2D eigenvalue weighted by molar-refractivity contribution is -0.383. The minimum atomic E-state index is -0.450. The number of nitrogens with one attached hydrogen (secondary N) is 1. The molecule has 0 radical (unpaired) electrons. The van der Waals surface area contributed by atoms with Gasteiger partial charge in [0.15, 0.2) is 0 Å². The van der Waals surface area contributed by atoms with Crippen LogP contribution in [0.1, 0.15) is 20.8 Å². The summed E-state index contributed by atoms with van der Waals surface area (Å²) in [6.07, 6.45) is 1.31. The number of ether oxygens (including phenoxy) is 1. The summed E-state index contributed by atoms with van der Waals surface area (Å²) >= 11 is 0. The monoisotopic (exact) mass is 281 g/mol. The fourth-order valence-corrected chi connectivity index (χ4v) is 2.57. The quantitative estimate of drug-likeness (QED) is 0.661. The summed E-state index contributed by atoms with van der Waals surface area (Å²) in [5.41, 5.74) is -0.476. The van der Waals surface area contributed by atoms with Crippen LogP contribution in [-0.2, 0) is 4.74 Å². The lowest BCUT2D eigenvalue weighted by atomic mass is 10.1. The summed E-state index contributed by atoms with van der Waals surface area (Å²) in [5, 5.41) is 14.1. The van der Waals surface area contributed by atoms with Crippen LogP contribution in [0.15, 0.2) is 6.33 Å². The maximum absolute atomic E-state index is 11.3. The molecule has 1 N–H and O–H groups in total. The molecule has 1 atom stereocenters. The van der Waals surface area contributed by atoms with Crippen molar-refractivity contribution < 1.29 is 9.66 Å². The summed E-state index contributed by atoms with van der Waals surface area (Å²) in [4.78, 5) is 20.8. The molecule has 2 heterocycles. The third-order valence-corrected chi connectivity index (χ3v) is 3.09. The predicted molar refractivity (Wildman–Crippen MR) is 75.1 cm³/mol. The van der Waals surface area contributed by atoms with Gasteiger partial charge in [-0.2, -0.15) is 0 Å². The van der Waals surface area contributed by atoms with Crippen molar-refractivity contribution in [1.29, 1.82) is 0 Å². The van der Waals surface area contributed by atoms with Crippen molar-refractivity contribution in [2.45, 2.75) is 32.5 Å². The van der Waals surface area contributed by atoms with Crippen LogP contribution in [0.4, 0.5) is 17.3 Å². The van der Waals surface area contributed by atoms with Crippen LogP contribution in [0.25, 0.3) is 0 Å². The van der Waals surface area contributed by atoms with Crippen molar-refractivity contribution in [1.82, 2.24) is 9.97 Å². The van der Waals surface area contributed by atoms with E-state index in [0.717, 1.165) is 0 Å². The molecule has 8 nitrogen and oxygen atoms in total. The normalized spacial score (nSPS) is 21.6. The van der Waals surface area contributed by atoms with Crippen molar-refractivity contribution in [3.05, 3.63) is 16.4 Å². The Morgan fingerprint density at radius 1 is 1.55 bits per heavy atom. The SMILES string of the molecule is CNc1ncnc(N2CC(C)OC(C)(C)C2)c1[N+](=O)[O-]. The summed E-state index contributed by atoms with van der Waals surface area (Å²) in [5.74, 6) is 0.550. The van der Waals surface area contributed by atoms with Crippen molar-refractivity contribution >= 4 is 17.3 Å². The van der Waals surface area contributed by atoms with Gasteiger partial charge in [-0.15, -0.1) is 0 Å². The molecule has 0 amide bonds. The minimum absolute atomic E-state index is 0.0219. The van der Waals surface area contributed by atoms with Gasteiger partial charge in [-0.1, -0.05) is 0 Å². The molecular weight excluding hydrogens is 262 g/mol. The zero-order valence-corrected chi connectivity index (χ0v) is 12.1. The Labute approximate surface area is 117 Å². The summed E-state index contributed by atoms with van der Waals surface area (Å²) in [6.45, 7) is 6.96. The Kier molecular flexibility index (Phi) is 3.76. The van der Waals surface area contributed by atoms with E-state index in [1.807, 2.05) is 25.7 Å². The molecule has 8 heteroatoms. The molecule has 0 bridgehead atoms. The number of hydrogen-bond donors (Lipinski definition) is 1. The number of rotatable bonds is 3. The van der Waals surface area contributed by atoms with E-state index in [4.69, 9.17) is 4.74 Å². The predicted octanol–water partition coefficient (Wildman–Crippen LogP) is 1.43. The third-order valence-electron chi connectivity index (χ3n) is 3.09. The summed E-state index contributed by atoms with van der Waals surface area (Å²) < 4.78 is 5.81. The van der Waals surface area contributed by atoms with Gasteiger partial charge in [0.25, 0.3) is 0 Å². The van der Waals surface area contributed by atoms with Crippen LogP contribution in [-0.4, -0.2) is 46.7 Å². The van der Waals surface area contributed by atoms with Crippen molar-refractivity contribution in [3.63, 3.8) is 0 Å². The second-order valence-electron chi connectivity index (χ2n) is 5.47. The topological polar surface area (TPSA) is 93.4 Å². The Hall–Kier alpha value is -1.96. The number of nitro groups is 1. The molecule has 1 aliphatic rings. The molecule has 1 aliphatic heterocycles. The average Bonchev–Trinajstić information content (AvgIpc) is 2.35. The van der Waals surface area contributed by atoms with E-state index >= 15 is 0 Å². The van der Waals surface area contributed by atoms with Gasteiger partial charge in [0.1, 0.15) is 6.33 Å². The van der Waals surface area contributed by atoms with Gasteiger partial charge in [-0.05, 0) is 20.8 Å². The van der Waals surface area contributed by atoms with Gasteiger partial charge in [0.05, 0.1) is 16.6 Å². The highest BCUT2D eigenvalue weighted by molar-refractivity contribution is 5.70. The van der Waals surface area contributed by atoms with Gasteiger partial charge in [-0.25, -0.2) is 9.97 Å². The number of nitrogens with zero attached hydrogens (tertiary/aromatic N) is 4. The molecule has 1 aromatic rings. The first-order valence-electron chi connectivity index (χ1n) is 6.44. The Balaban J connectivity index is 2.44. The highest BCUT2D eigenvalue weighted by Crippen LogP contribution is 2.34. The maximum Gasteiger partial charge on any atom is 0.353 e. The Bertz CT molecular complexity index is 520. The van der Waals surface area contributed by atoms with Crippen molar-refractivity contribution in [3.8, 4) is 0 Å². The van der Waals surface area contributed by atoms with Crippen LogP contribution < -0.4 is 10.2 Å². The first-order chi connectivity index (χ1) is 9.34. The second kappa shape index (κ2) is 5.20. The molecule has 0 aromatic carbocycles. The van der Waals surface area contributed by atoms with E-state index in [9.17, 15) is 10.1 Å². The number of aromatic nitrogens is 2. The van der Waals surface area contributed by atoms with E-state index in [1.54, 1.807) is 7.05 Å². The van der Waals surface area contributed by atoms with Gasteiger partial charge in [-0.3, -0.25) is 10.1 Å². The summed E-state index contributed by atoms with van der Waals surface area (Å²) in [6, 6.07) is 0. The molecule has 0 saturated carbocycles. The lowest BCUT2D eigenvalue weighted by Gasteiger charge is -2.41. The molecule has 0 aliphatic carbocycles. The van der Waals surface area contributed by atoms with Gasteiger partial charge in [0.2, 0.25) is 11.6 Å². The largest absolute Gasteiger partial charge is 0.369 e. The third kappa shape index (κ3) is 2.79. The molecule has 110 valence electrons. The highest BCUT2D eigenvalue weighted by Gasteiger charge is 2.36. The Morgan fingerprint density at radius 3 is 2.80 bits per heavy atom. The van der Waals surface area contributed by atoms with Crippen LogP contribution in [0.5, 0.6) is 0 Å². The van der Waals surface area contributed by atoms with Crippen molar-refractivity contribution in [2.75, 3.05) is 30.4 Å². The molecule has 1 aromatic heterocycles. The van der Waals surface area contributed by atoms with Gasteiger partial charge < -0.3 is 15.0 Å². The smallest absolute Gasteiger partial charge is 0.353 e. The van der Waals surface area contributed by atoms with E-state index < -0.39 is 4.92 Å². The molecule has 1 saturated heterocycles. The molecule has 1 fully saturated rings. The van der Waals surface area contributed by atoms with Crippen LogP contribution in [0, 0.1) is 10.1 Å². The molecular formula is C12H19N5O3. The average molecular weight is 281 g/mol. The van der Waals surface area contributed by atoms with E-state index in [1.165, 1.54) is 6.33 Å². The van der Waals surface area contributed by atoms with Crippen LogP contribution in [0.2, 0.25) is 0 Å². The number of morpholine rings is 1. The molecule has 20 heavy (non-hydrogen) atoms. The van der Waals surface area contributed by atoms with Crippen molar-refractivity contribution in [2.24, 2.45) is 0 Å². The van der Waals surface area contributed by atoms with Gasteiger partial charge in [0, 0.05) is 20.1 Å². The lowest BCUT2D eigenvalue weighted by Crippen LogP contribution is -2.52. The zero-order valence-electron chi connectivity index (χ0n) is 12.1. The van der Waals surface area contributed by atoms with Gasteiger partial charge >= 0.3 is 5.69 Å². The fraction of sp³-hybridized carbons (Fsp3) is 0.667. The fourth-order valence-electron chi connectivity index (χ4n) is 2.57. The Morgan fingerprint density at radius 2 is 2.25 bits per heavy atom. The second-order valence-corrected chi connectivity index (χ2v) is 5.47. The molecule has 1 unspecified atom stereocenters. The van der Waals surface area contributed by atoms with E-state index in [-0.39, 0.29) is 23.2 Å². The number of anilines is 2. The summed E-state index contributed by atoms with van der Waals surface area (Å²) in [7, 11) is 1.60.